The number of piperazine rings is 1. The minimum Gasteiger partial charge on any atom is -0.308 e. The van der Waals surface area contributed by atoms with E-state index >= 15 is 0 Å². The molecule has 0 saturated carbocycles. The molecule has 0 aliphatic carbocycles. The summed E-state index contributed by atoms with van der Waals surface area (Å²) in [7, 11) is 0. The SMILES string of the molecule is FN1CCNCC1(F)F. The van der Waals surface area contributed by atoms with E-state index in [0.717, 1.165) is 0 Å². The Balaban J connectivity index is 2.49. The van der Waals surface area contributed by atoms with Crippen LogP contribution in [0.2, 0.25) is 0 Å². The molecule has 0 aromatic rings. The Morgan fingerprint density at radius 2 is 2.11 bits per heavy atom. The fourth-order valence-electron chi connectivity index (χ4n) is 0.665. The maximum Gasteiger partial charge on any atom is 0.342 e. The second-order valence-electron chi connectivity index (χ2n) is 1.93. The second-order valence-corrected chi connectivity index (χ2v) is 1.93. The summed E-state index contributed by atoms with van der Waals surface area (Å²) >= 11 is 0. The van der Waals surface area contributed by atoms with Gasteiger partial charge in [0, 0.05) is 13.1 Å². The maximum absolute atomic E-state index is 12.1. The molecule has 1 heterocycles. The molecular weight excluding hydrogens is 133 g/mol. The van der Waals surface area contributed by atoms with Gasteiger partial charge < -0.3 is 5.32 Å². The number of nitrogens with one attached hydrogen (secondary N) is 1. The van der Waals surface area contributed by atoms with Crippen molar-refractivity contribution in [1.29, 1.82) is 0 Å². The van der Waals surface area contributed by atoms with Crippen molar-refractivity contribution in [3.63, 3.8) is 0 Å². The lowest BCUT2D eigenvalue weighted by atomic mass is 10.4. The molecule has 1 rings (SSSR count). The number of alkyl halides is 2. The van der Waals surface area contributed by atoms with E-state index in [2.05, 4.69) is 5.32 Å². The van der Waals surface area contributed by atoms with E-state index in [4.69, 9.17) is 0 Å². The summed E-state index contributed by atoms with van der Waals surface area (Å²) in [4.78, 5) is 0. The zero-order valence-corrected chi connectivity index (χ0v) is 4.70. The van der Waals surface area contributed by atoms with E-state index in [-0.39, 0.29) is 13.1 Å². The lowest BCUT2D eigenvalue weighted by Crippen LogP contribution is -2.52. The molecule has 5 heteroatoms. The number of hydrogen-bond acceptors (Lipinski definition) is 2. The summed E-state index contributed by atoms with van der Waals surface area (Å²) in [6, 6.07) is -3.31. The van der Waals surface area contributed by atoms with Crippen molar-refractivity contribution in [3.05, 3.63) is 0 Å². The third-order valence-electron chi connectivity index (χ3n) is 1.18. The molecule has 54 valence electrons. The van der Waals surface area contributed by atoms with Crippen LogP contribution >= 0.6 is 0 Å². The average Bonchev–Trinajstić information content (AvgIpc) is 1.77. The summed E-state index contributed by atoms with van der Waals surface area (Å²) in [5.41, 5.74) is 0. The lowest BCUT2D eigenvalue weighted by molar-refractivity contribution is -0.242. The molecular formula is C4H7F3N2. The van der Waals surface area contributed by atoms with Crippen molar-refractivity contribution in [2.75, 3.05) is 19.6 Å². The van der Waals surface area contributed by atoms with Gasteiger partial charge in [0.2, 0.25) is 0 Å². The highest BCUT2D eigenvalue weighted by molar-refractivity contribution is 4.71. The highest BCUT2D eigenvalue weighted by Gasteiger charge is 2.39. The molecule has 0 amide bonds. The summed E-state index contributed by atoms with van der Waals surface area (Å²) in [6.45, 7) is -0.553. The van der Waals surface area contributed by atoms with E-state index in [0.29, 0.717) is 0 Å². The lowest BCUT2D eigenvalue weighted by Gasteiger charge is -2.27. The van der Waals surface area contributed by atoms with E-state index < -0.39 is 17.7 Å². The number of halogens is 3. The predicted molar refractivity (Wildman–Crippen MR) is 25.6 cm³/mol. The van der Waals surface area contributed by atoms with Crippen LogP contribution in [0, 0.1) is 0 Å². The van der Waals surface area contributed by atoms with Gasteiger partial charge in [-0.1, -0.05) is 5.12 Å². The van der Waals surface area contributed by atoms with Crippen molar-refractivity contribution in [2.45, 2.75) is 6.05 Å². The van der Waals surface area contributed by atoms with Gasteiger partial charge in [-0.25, -0.2) is 0 Å². The third kappa shape index (κ3) is 1.34. The van der Waals surface area contributed by atoms with E-state index in [1.54, 1.807) is 0 Å². The molecule has 1 aliphatic heterocycles. The zero-order chi connectivity index (χ0) is 6.91. The molecule has 0 spiro atoms. The molecule has 0 aromatic heterocycles. The zero-order valence-electron chi connectivity index (χ0n) is 4.70. The van der Waals surface area contributed by atoms with Gasteiger partial charge in [-0.15, -0.1) is 4.48 Å². The molecule has 2 nitrogen and oxygen atoms in total. The first-order chi connectivity index (χ1) is 4.13. The topological polar surface area (TPSA) is 15.3 Å². The average molecular weight is 140 g/mol. The van der Waals surface area contributed by atoms with Crippen LogP contribution in [-0.4, -0.2) is 30.8 Å². The van der Waals surface area contributed by atoms with Crippen LogP contribution in [0.1, 0.15) is 0 Å². The fraction of sp³-hybridized carbons (Fsp3) is 1.00. The van der Waals surface area contributed by atoms with Gasteiger partial charge in [-0.05, 0) is 0 Å². The van der Waals surface area contributed by atoms with Gasteiger partial charge in [0.25, 0.3) is 0 Å². The number of hydrogen-bond donors (Lipinski definition) is 1. The van der Waals surface area contributed by atoms with Crippen LogP contribution in [0.25, 0.3) is 0 Å². The van der Waals surface area contributed by atoms with Gasteiger partial charge in [-0.2, -0.15) is 8.78 Å². The maximum atomic E-state index is 12.1. The largest absolute Gasteiger partial charge is 0.342 e. The molecule has 0 atom stereocenters. The Labute approximate surface area is 50.6 Å². The predicted octanol–water partition coefficient (Wildman–Crippen LogP) is 0.369. The van der Waals surface area contributed by atoms with E-state index in [1.807, 2.05) is 0 Å². The fourth-order valence-corrected chi connectivity index (χ4v) is 0.665. The first-order valence-electron chi connectivity index (χ1n) is 2.65. The molecule has 0 radical (unpaired) electrons. The van der Waals surface area contributed by atoms with Crippen molar-refractivity contribution >= 4 is 0 Å². The Morgan fingerprint density at radius 1 is 1.44 bits per heavy atom. The Kier molecular flexibility index (Phi) is 1.63. The molecule has 1 fully saturated rings. The minimum absolute atomic E-state index is 0.243. The van der Waals surface area contributed by atoms with E-state index in [9.17, 15) is 13.3 Å². The summed E-state index contributed by atoms with van der Waals surface area (Å²) in [5.74, 6) is 0. The Hall–Kier alpha value is -0.290. The summed E-state index contributed by atoms with van der Waals surface area (Å²) < 4.78 is 36.2. The van der Waals surface area contributed by atoms with Gasteiger partial charge >= 0.3 is 6.05 Å². The molecule has 0 aromatic carbocycles. The highest BCUT2D eigenvalue weighted by Crippen LogP contribution is 2.20. The van der Waals surface area contributed by atoms with Crippen molar-refractivity contribution in [3.8, 4) is 0 Å². The molecule has 1 aliphatic rings. The number of nitrogens with zero attached hydrogens (tertiary/aromatic N) is 1. The van der Waals surface area contributed by atoms with Crippen LogP contribution in [0.5, 0.6) is 0 Å². The van der Waals surface area contributed by atoms with Crippen molar-refractivity contribution < 1.29 is 13.3 Å². The number of rotatable bonds is 0. The quantitative estimate of drug-likeness (QED) is 0.386. The van der Waals surface area contributed by atoms with Crippen LogP contribution in [-0.2, 0) is 0 Å². The first-order valence-corrected chi connectivity index (χ1v) is 2.65. The molecule has 1 saturated heterocycles. The molecule has 0 bridgehead atoms. The third-order valence-corrected chi connectivity index (χ3v) is 1.18. The normalized spacial score (nSPS) is 28.3. The minimum atomic E-state index is -3.31. The van der Waals surface area contributed by atoms with Gasteiger partial charge in [0.05, 0.1) is 6.54 Å². The van der Waals surface area contributed by atoms with Crippen LogP contribution in [0.4, 0.5) is 13.3 Å². The van der Waals surface area contributed by atoms with Gasteiger partial charge in [-0.3, -0.25) is 0 Å². The van der Waals surface area contributed by atoms with Crippen LogP contribution in [0.3, 0.4) is 0 Å². The van der Waals surface area contributed by atoms with E-state index in [1.165, 1.54) is 0 Å². The van der Waals surface area contributed by atoms with Gasteiger partial charge in [0.15, 0.2) is 0 Å². The van der Waals surface area contributed by atoms with Crippen molar-refractivity contribution in [1.82, 2.24) is 10.4 Å². The van der Waals surface area contributed by atoms with Crippen LogP contribution in [0.15, 0.2) is 0 Å². The standard InChI is InChI=1S/C4H7F3N2/c5-4(6)3-8-1-2-9(4)7/h8H,1-3H2. The highest BCUT2D eigenvalue weighted by atomic mass is 19.3. The smallest absolute Gasteiger partial charge is 0.308 e. The Morgan fingerprint density at radius 3 is 2.44 bits per heavy atom. The van der Waals surface area contributed by atoms with Gasteiger partial charge in [0.1, 0.15) is 0 Å². The van der Waals surface area contributed by atoms with Crippen molar-refractivity contribution in [2.24, 2.45) is 0 Å². The molecule has 1 N–H and O–H groups in total. The molecule has 0 unspecified atom stereocenters. The summed E-state index contributed by atoms with van der Waals surface area (Å²) in [6.07, 6.45) is 0. The first kappa shape index (κ1) is 6.82. The van der Waals surface area contributed by atoms with Crippen LogP contribution < -0.4 is 5.32 Å². The Bertz CT molecular complexity index is 106. The monoisotopic (exact) mass is 140 g/mol. The molecule has 9 heavy (non-hydrogen) atoms. The summed E-state index contributed by atoms with van der Waals surface area (Å²) in [5, 5.41) is 1.93. The second kappa shape index (κ2) is 2.15.